The molecule has 0 saturated carbocycles. The fraction of sp³-hybridized carbons (Fsp3) is 0.462. The number of rotatable bonds is 8. The number of carbonyl (C=O) groups excluding carboxylic acids is 1. The van der Waals surface area contributed by atoms with Crippen LogP contribution in [-0.2, 0) is 16.1 Å². The van der Waals surface area contributed by atoms with Gasteiger partial charge in [-0.3, -0.25) is 9.59 Å². The van der Waals surface area contributed by atoms with Gasteiger partial charge in [0.05, 0.1) is 0 Å². The summed E-state index contributed by atoms with van der Waals surface area (Å²) in [5.74, 6) is -0.742. The Morgan fingerprint density at radius 2 is 2.20 bits per heavy atom. The Hall–Kier alpha value is -1.76. The predicted molar refractivity (Wildman–Crippen MR) is 77.9 cm³/mol. The molecule has 1 aromatic rings. The third-order valence-corrected chi connectivity index (χ3v) is 3.37. The number of thioether (sulfide) groups is 1. The zero-order valence-corrected chi connectivity index (χ0v) is 12.1. The molecule has 0 aromatic carbocycles. The Morgan fingerprint density at radius 1 is 1.45 bits per heavy atom. The fourth-order valence-electron chi connectivity index (χ4n) is 1.63. The molecule has 0 aliphatic carbocycles. The first-order chi connectivity index (χ1) is 9.54. The van der Waals surface area contributed by atoms with Gasteiger partial charge in [0.1, 0.15) is 6.04 Å². The summed E-state index contributed by atoms with van der Waals surface area (Å²) in [5.41, 5.74) is -0.183. The molecule has 20 heavy (non-hydrogen) atoms. The van der Waals surface area contributed by atoms with Crippen LogP contribution in [0.5, 0.6) is 0 Å². The summed E-state index contributed by atoms with van der Waals surface area (Å²) in [6.07, 6.45) is 3.93. The summed E-state index contributed by atoms with van der Waals surface area (Å²) < 4.78 is 1.41. The predicted octanol–water partition coefficient (Wildman–Crippen LogP) is 0.561. The maximum Gasteiger partial charge on any atom is 0.326 e. The van der Waals surface area contributed by atoms with Crippen LogP contribution in [0.3, 0.4) is 0 Å². The van der Waals surface area contributed by atoms with Gasteiger partial charge in [-0.25, -0.2) is 4.79 Å². The van der Waals surface area contributed by atoms with E-state index in [0.717, 1.165) is 0 Å². The average molecular weight is 298 g/mol. The van der Waals surface area contributed by atoms with Crippen molar-refractivity contribution < 1.29 is 14.7 Å². The number of pyridine rings is 1. The Labute approximate surface area is 121 Å². The van der Waals surface area contributed by atoms with Crippen molar-refractivity contribution in [3.8, 4) is 0 Å². The van der Waals surface area contributed by atoms with Crippen molar-refractivity contribution in [3.05, 3.63) is 34.7 Å². The van der Waals surface area contributed by atoms with Crippen molar-refractivity contribution in [3.63, 3.8) is 0 Å². The van der Waals surface area contributed by atoms with Gasteiger partial charge >= 0.3 is 5.97 Å². The number of hydrogen-bond acceptors (Lipinski definition) is 4. The van der Waals surface area contributed by atoms with Gasteiger partial charge in [0.25, 0.3) is 5.56 Å². The lowest BCUT2D eigenvalue weighted by Crippen LogP contribution is -2.41. The van der Waals surface area contributed by atoms with Crippen molar-refractivity contribution in [2.24, 2.45) is 0 Å². The van der Waals surface area contributed by atoms with Gasteiger partial charge in [-0.2, -0.15) is 11.8 Å². The molecule has 2 N–H and O–H groups in total. The molecule has 0 aliphatic heterocycles. The minimum atomic E-state index is -1.04. The number of amides is 1. The van der Waals surface area contributed by atoms with Crippen molar-refractivity contribution in [2.75, 3.05) is 12.0 Å². The highest BCUT2D eigenvalue weighted by Crippen LogP contribution is 2.01. The lowest BCUT2D eigenvalue weighted by Gasteiger charge is -2.14. The molecule has 1 rings (SSSR count). The first-order valence-corrected chi connectivity index (χ1v) is 7.60. The smallest absolute Gasteiger partial charge is 0.326 e. The zero-order chi connectivity index (χ0) is 15.0. The fourth-order valence-corrected chi connectivity index (χ4v) is 2.10. The number of aromatic nitrogens is 1. The van der Waals surface area contributed by atoms with Crippen LogP contribution in [0.1, 0.15) is 12.8 Å². The molecule has 0 unspecified atom stereocenters. The van der Waals surface area contributed by atoms with Crippen molar-refractivity contribution in [1.29, 1.82) is 0 Å². The van der Waals surface area contributed by atoms with Gasteiger partial charge in [0, 0.05) is 25.2 Å². The molecule has 1 heterocycles. The van der Waals surface area contributed by atoms with E-state index >= 15 is 0 Å². The molecule has 1 atom stereocenters. The second kappa shape index (κ2) is 8.42. The number of carbonyl (C=O) groups is 2. The second-order valence-electron chi connectivity index (χ2n) is 4.22. The summed E-state index contributed by atoms with van der Waals surface area (Å²) >= 11 is 1.53. The SMILES string of the molecule is CSCC[C@@H](NC(=O)CCn1ccccc1=O)C(=O)O. The number of aryl methyl sites for hydroxylation is 1. The molecule has 0 bridgehead atoms. The van der Waals surface area contributed by atoms with Crippen LogP contribution >= 0.6 is 11.8 Å². The van der Waals surface area contributed by atoms with E-state index in [2.05, 4.69) is 5.32 Å². The lowest BCUT2D eigenvalue weighted by atomic mass is 10.2. The van der Waals surface area contributed by atoms with Crippen LogP contribution in [0.15, 0.2) is 29.2 Å². The van der Waals surface area contributed by atoms with E-state index in [4.69, 9.17) is 5.11 Å². The molecule has 7 heteroatoms. The highest BCUT2D eigenvalue weighted by atomic mass is 32.2. The molecule has 110 valence electrons. The standard InChI is InChI=1S/C13H18N2O4S/c1-20-9-6-10(13(18)19)14-11(16)5-8-15-7-3-2-4-12(15)17/h2-4,7,10H,5-6,8-9H2,1H3,(H,14,16)(H,18,19)/t10-/m1/s1. The molecule has 0 aliphatic rings. The summed E-state index contributed by atoms with van der Waals surface area (Å²) in [6, 6.07) is 3.87. The minimum absolute atomic E-state index is 0.0764. The van der Waals surface area contributed by atoms with Crippen LogP contribution < -0.4 is 10.9 Å². The van der Waals surface area contributed by atoms with E-state index < -0.39 is 12.0 Å². The molecular formula is C13H18N2O4S. The zero-order valence-electron chi connectivity index (χ0n) is 11.2. The quantitative estimate of drug-likeness (QED) is 0.732. The number of aliphatic carboxylic acids is 1. The summed E-state index contributed by atoms with van der Waals surface area (Å²) in [4.78, 5) is 34.1. The molecule has 0 saturated heterocycles. The van der Waals surface area contributed by atoms with E-state index in [1.54, 1.807) is 18.3 Å². The number of hydrogen-bond donors (Lipinski definition) is 2. The third-order valence-electron chi connectivity index (χ3n) is 2.72. The van der Waals surface area contributed by atoms with Crippen molar-refractivity contribution in [2.45, 2.75) is 25.4 Å². The van der Waals surface area contributed by atoms with E-state index in [-0.39, 0.29) is 24.4 Å². The largest absolute Gasteiger partial charge is 0.480 e. The second-order valence-corrected chi connectivity index (χ2v) is 5.21. The summed E-state index contributed by atoms with van der Waals surface area (Å²) in [5, 5.41) is 11.5. The van der Waals surface area contributed by atoms with Crippen LogP contribution in [0.4, 0.5) is 0 Å². The van der Waals surface area contributed by atoms with E-state index in [1.165, 1.54) is 22.4 Å². The minimum Gasteiger partial charge on any atom is -0.480 e. The normalized spacial score (nSPS) is 11.8. The number of carboxylic acid groups (broad SMARTS) is 1. The average Bonchev–Trinajstić information content (AvgIpc) is 2.42. The molecule has 0 spiro atoms. The number of nitrogens with one attached hydrogen (secondary N) is 1. The maximum atomic E-state index is 11.7. The van der Waals surface area contributed by atoms with Gasteiger partial charge in [-0.05, 0) is 24.5 Å². The maximum absolute atomic E-state index is 11.7. The van der Waals surface area contributed by atoms with Crippen LogP contribution in [0.2, 0.25) is 0 Å². The topological polar surface area (TPSA) is 88.4 Å². The molecule has 6 nitrogen and oxygen atoms in total. The Balaban J connectivity index is 2.48. The Bertz CT molecular complexity index is 515. The van der Waals surface area contributed by atoms with E-state index in [1.807, 2.05) is 6.26 Å². The molecule has 0 fully saturated rings. The molecule has 0 radical (unpaired) electrons. The molecule has 1 amide bonds. The van der Waals surface area contributed by atoms with Crippen LogP contribution in [-0.4, -0.2) is 39.6 Å². The van der Waals surface area contributed by atoms with Gasteiger partial charge in [0.2, 0.25) is 5.91 Å². The van der Waals surface area contributed by atoms with Gasteiger partial charge in [-0.15, -0.1) is 0 Å². The van der Waals surface area contributed by atoms with Gasteiger partial charge in [0.15, 0.2) is 0 Å². The number of nitrogens with zero attached hydrogens (tertiary/aromatic N) is 1. The molecular weight excluding hydrogens is 280 g/mol. The van der Waals surface area contributed by atoms with Crippen LogP contribution in [0.25, 0.3) is 0 Å². The first-order valence-electron chi connectivity index (χ1n) is 6.21. The summed E-state index contributed by atoms with van der Waals surface area (Å²) in [6.45, 7) is 0.236. The third kappa shape index (κ3) is 5.48. The Kier molecular flexibility index (Phi) is 6.86. The first kappa shape index (κ1) is 16.3. The lowest BCUT2D eigenvalue weighted by molar-refractivity contribution is -0.141. The Morgan fingerprint density at radius 3 is 2.80 bits per heavy atom. The summed E-state index contributed by atoms with van der Waals surface area (Å²) in [7, 11) is 0. The highest BCUT2D eigenvalue weighted by molar-refractivity contribution is 7.98. The van der Waals surface area contributed by atoms with E-state index in [9.17, 15) is 14.4 Å². The van der Waals surface area contributed by atoms with E-state index in [0.29, 0.717) is 12.2 Å². The molecule has 1 aromatic heterocycles. The number of carboxylic acids is 1. The van der Waals surface area contributed by atoms with Crippen LogP contribution in [0, 0.1) is 0 Å². The monoisotopic (exact) mass is 298 g/mol. The highest BCUT2D eigenvalue weighted by Gasteiger charge is 2.19. The van der Waals surface area contributed by atoms with Gasteiger partial charge < -0.3 is 15.0 Å². The van der Waals surface area contributed by atoms with Crippen molar-refractivity contribution >= 4 is 23.6 Å². The van der Waals surface area contributed by atoms with Crippen molar-refractivity contribution in [1.82, 2.24) is 9.88 Å². The van der Waals surface area contributed by atoms with Gasteiger partial charge in [-0.1, -0.05) is 6.07 Å².